The smallest absolute Gasteiger partial charge is 0.462 e. The highest BCUT2D eigenvalue weighted by Crippen LogP contribution is 2.45. The second-order valence-electron chi connectivity index (χ2n) is 30.1. The maximum atomic E-state index is 13.1. The van der Waals surface area contributed by atoms with Crippen LogP contribution in [0.2, 0.25) is 0 Å². The van der Waals surface area contributed by atoms with E-state index in [1.165, 1.54) is 199 Å². The average Bonchev–Trinajstić information content (AvgIpc) is 0.953. The van der Waals surface area contributed by atoms with E-state index in [0.717, 1.165) is 114 Å². The lowest BCUT2D eigenvalue weighted by atomic mass is 10.00. The molecule has 0 fully saturated rings. The van der Waals surface area contributed by atoms with Gasteiger partial charge in [0.1, 0.15) is 19.3 Å². The first-order valence-electron chi connectivity index (χ1n) is 40.7. The molecule has 0 saturated carbocycles. The normalized spacial score (nSPS) is 14.3. The second kappa shape index (κ2) is 68.2. The first-order valence-corrected chi connectivity index (χ1v) is 43.7. The third-order valence-corrected chi connectivity index (χ3v) is 20.6. The number of unbranched alkanes of at least 4 members (excludes halogenated alkanes) is 41. The summed E-state index contributed by atoms with van der Waals surface area (Å²) in [5.41, 5.74) is 0. The van der Waals surface area contributed by atoms with Crippen molar-refractivity contribution in [2.45, 2.75) is 420 Å². The molecule has 17 nitrogen and oxygen atoms in total. The summed E-state index contributed by atoms with van der Waals surface area (Å²) in [5.74, 6) is 0.926. The van der Waals surface area contributed by atoms with E-state index in [0.29, 0.717) is 31.6 Å². The molecule has 19 heteroatoms. The summed E-state index contributed by atoms with van der Waals surface area (Å²) in [5, 5.41) is 10.6. The summed E-state index contributed by atoms with van der Waals surface area (Å²) in [6.45, 7) is 14.2. The van der Waals surface area contributed by atoms with Crippen molar-refractivity contribution in [2.24, 2.45) is 23.7 Å². The van der Waals surface area contributed by atoms with Crippen LogP contribution in [0.3, 0.4) is 0 Å². The zero-order valence-corrected chi connectivity index (χ0v) is 66.2. The molecule has 0 heterocycles. The molecule has 98 heavy (non-hydrogen) atoms. The topological polar surface area (TPSA) is 237 Å². The van der Waals surface area contributed by atoms with Gasteiger partial charge in [0.25, 0.3) is 0 Å². The molecule has 0 radical (unpaired) electrons. The highest BCUT2D eigenvalue weighted by atomic mass is 31.2. The highest BCUT2D eigenvalue weighted by Gasteiger charge is 2.30. The summed E-state index contributed by atoms with van der Waals surface area (Å²) in [6, 6.07) is 0. The van der Waals surface area contributed by atoms with Gasteiger partial charge in [-0.15, -0.1) is 0 Å². The molecule has 0 rings (SSSR count). The Bertz CT molecular complexity index is 1920. The molecule has 0 aliphatic rings. The van der Waals surface area contributed by atoms with Crippen molar-refractivity contribution in [3.05, 3.63) is 0 Å². The largest absolute Gasteiger partial charge is 0.472 e. The fourth-order valence-electron chi connectivity index (χ4n) is 12.0. The van der Waals surface area contributed by atoms with Gasteiger partial charge in [0.05, 0.1) is 26.4 Å². The van der Waals surface area contributed by atoms with Crippen molar-refractivity contribution >= 4 is 39.5 Å². The molecule has 0 bridgehead atoms. The van der Waals surface area contributed by atoms with Gasteiger partial charge in [-0.05, 0) is 49.4 Å². The Kier molecular flexibility index (Phi) is 66.8. The summed E-state index contributed by atoms with van der Waals surface area (Å²) in [4.78, 5) is 72.9. The Morgan fingerprint density at radius 2 is 0.490 bits per heavy atom. The van der Waals surface area contributed by atoms with Crippen LogP contribution < -0.4 is 0 Å². The van der Waals surface area contributed by atoms with Crippen molar-refractivity contribution in [3.8, 4) is 0 Å². The van der Waals surface area contributed by atoms with E-state index in [1.54, 1.807) is 0 Å². The van der Waals surface area contributed by atoms with Gasteiger partial charge in [0.15, 0.2) is 12.2 Å². The number of carbonyl (C=O) groups excluding carboxylic acids is 4. The summed E-state index contributed by atoms with van der Waals surface area (Å²) in [6.07, 6.45) is 54.4. The minimum absolute atomic E-state index is 0.102. The van der Waals surface area contributed by atoms with E-state index in [9.17, 15) is 43.2 Å². The van der Waals surface area contributed by atoms with Gasteiger partial charge in [0.2, 0.25) is 0 Å². The number of phosphoric ester groups is 2. The van der Waals surface area contributed by atoms with E-state index in [2.05, 4.69) is 55.4 Å². The first-order chi connectivity index (χ1) is 47.1. The van der Waals surface area contributed by atoms with Gasteiger partial charge >= 0.3 is 39.5 Å². The maximum absolute atomic E-state index is 13.1. The molecule has 0 saturated heterocycles. The molecule has 0 spiro atoms. The van der Waals surface area contributed by atoms with Gasteiger partial charge in [0, 0.05) is 25.7 Å². The van der Waals surface area contributed by atoms with Crippen molar-refractivity contribution < 1.29 is 80.2 Å². The van der Waals surface area contributed by atoms with E-state index >= 15 is 0 Å². The average molecular weight is 1440 g/mol. The molecule has 0 aromatic heterocycles. The third-order valence-electron chi connectivity index (χ3n) is 18.7. The van der Waals surface area contributed by atoms with Gasteiger partial charge in [-0.1, -0.05) is 351 Å². The number of ether oxygens (including phenoxy) is 4. The van der Waals surface area contributed by atoms with Crippen LogP contribution in [0, 0.1) is 23.7 Å². The van der Waals surface area contributed by atoms with Crippen LogP contribution in [0.5, 0.6) is 0 Å². The Hall–Kier alpha value is -1.94. The Labute approximate surface area is 600 Å². The van der Waals surface area contributed by atoms with E-state index in [1.807, 2.05) is 0 Å². The van der Waals surface area contributed by atoms with E-state index in [-0.39, 0.29) is 25.7 Å². The molecule has 3 N–H and O–H groups in total. The molecule has 0 aromatic rings. The number of hydrogen-bond donors (Lipinski definition) is 3. The van der Waals surface area contributed by atoms with Crippen LogP contribution in [0.4, 0.5) is 0 Å². The van der Waals surface area contributed by atoms with Crippen molar-refractivity contribution in [1.29, 1.82) is 0 Å². The quantitative estimate of drug-likeness (QED) is 0.0222. The second-order valence-corrected chi connectivity index (χ2v) is 33.0. The number of phosphoric acid groups is 2. The lowest BCUT2D eigenvalue weighted by Crippen LogP contribution is -2.30. The summed E-state index contributed by atoms with van der Waals surface area (Å²) in [7, 11) is -9.92. The highest BCUT2D eigenvalue weighted by molar-refractivity contribution is 7.47. The number of aliphatic hydroxyl groups is 1. The van der Waals surface area contributed by atoms with Crippen LogP contribution in [0.25, 0.3) is 0 Å². The van der Waals surface area contributed by atoms with Crippen LogP contribution in [-0.4, -0.2) is 96.7 Å². The molecule has 4 unspecified atom stereocenters. The standard InChI is InChI=1S/C79H154O17P2/c1-9-72(8)58-50-42-37-38-46-54-62-79(84)96-75(66-90-77(82)60-52-44-36-30-33-41-49-57-71(6)7)68-94-98(87,88)92-64-73(80)63-91-97(85,86)93-67-74(95-78(83)61-53-45-35-29-25-21-17-13-11-15-19-23-27-32-40-48-56-70(4)5)65-89-76(81)59-51-43-34-28-24-20-16-12-10-14-18-22-26-31-39-47-55-69(2)3/h69-75,80H,9-68H2,1-8H3,(H,85,86)(H,87,88)/t72?,73?,74-,75-/m1/s1. The Morgan fingerprint density at radius 3 is 0.724 bits per heavy atom. The maximum Gasteiger partial charge on any atom is 0.472 e. The molecule has 6 atom stereocenters. The molecular formula is C79H154O17P2. The number of carbonyl (C=O) groups is 4. The molecule has 0 amide bonds. The van der Waals surface area contributed by atoms with Gasteiger partial charge in [-0.25, -0.2) is 9.13 Å². The van der Waals surface area contributed by atoms with Crippen molar-refractivity contribution in [3.63, 3.8) is 0 Å². The molecule has 0 aliphatic carbocycles. The van der Waals surface area contributed by atoms with Crippen molar-refractivity contribution in [1.82, 2.24) is 0 Å². The van der Waals surface area contributed by atoms with Crippen LogP contribution in [-0.2, 0) is 65.4 Å². The van der Waals surface area contributed by atoms with Crippen LogP contribution >= 0.6 is 15.6 Å². The van der Waals surface area contributed by atoms with Gasteiger partial charge in [-0.2, -0.15) is 0 Å². The minimum atomic E-state index is -4.96. The Morgan fingerprint density at radius 1 is 0.286 bits per heavy atom. The predicted octanol–water partition coefficient (Wildman–Crippen LogP) is 23.2. The van der Waals surface area contributed by atoms with Gasteiger partial charge in [-0.3, -0.25) is 37.3 Å². The number of esters is 4. The van der Waals surface area contributed by atoms with Crippen LogP contribution in [0.15, 0.2) is 0 Å². The molecule has 0 aliphatic heterocycles. The molecule has 582 valence electrons. The molecule has 0 aromatic carbocycles. The zero-order valence-electron chi connectivity index (χ0n) is 64.4. The lowest BCUT2D eigenvalue weighted by molar-refractivity contribution is -0.161. The summed E-state index contributed by atoms with van der Waals surface area (Å²) >= 11 is 0. The van der Waals surface area contributed by atoms with E-state index in [4.69, 9.17) is 37.0 Å². The van der Waals surface area contributed by atoms with Gasteiger partial charge < -0.3 is 33.8 Å². The number of rotatable bonds is 76. The first kappa shape index (κ1) is 96.1. The van der Waals surface area contributed by atoms with E-state index < -0.39 is 97.5 Å². The zero-order chi connectivity index (χ0) is 72.4. The summed E-state index contributed by atoms with van der Waals surface area (Å²) < 4.78 is 68.6. The monoisotopic (exact) mass is 1440 g/mol. The predicted molar refractivity (Wildman–Crippen MR) is 400 cm³/mol. The van der Waals surface area contributed by atoms with Crippen LogP contribution in [0.1, 0.15) is 402 Å². The van der Waals surface area contributed by atoms with Crippen molar-refractivity contribution in [2.75, 3.05) is 39.6 Å². The number of hydrogen-bond acceptors (Lipinski definition) is 15. The SMILES string of the molecule is CCC(C)CCCCCCCCC(=O)O[C@H](COC(=O)CCCCCCCCCC(C)C)COP(=O)(O)OCC(O)COP(=O)(O)OC[C@@H](COC(=O)CCCCCCCCCCCCCCCCCCC(C)C)OC(=O)CCCCCCCCCCCCCCCCCCC(C)C. The molecular weight excluding hydrogens is 1280 g/mol. The Balaban J connectivity index is 5.21. The number of aliphatic hydroxyl groups excluding tert-OH is 1. The lowest BCUT2D eigenvalue weighted by Gasteiger charge is -2.21. The fraction of sp³-hybridized carbons (Fsp3) is 0.949. The minimum Gasteiger partial charge on any atom is -0.462 e. The fourth-order valence-corrected chi connectivity index (χ4v) is 13.6. The third kappa shape index (κ3) is 71.1.